The highest BCUT2D eigenvalue weighted by Crippen LogP contribution is 2.07. The Morgan fingerprint density at radius 3 is 2.38 bits per heavy atom. The maximum Gasteiger partial charge on any atom is 0.258 e. The third-order valence-corrected chi connectivity index (χ3v) is 1.89. The Hall–Kier alpha value is -2.50. The summed E-state index contributed by atoms with van der Waals surface area (Å²) in [5, 5.41) is 2.54. The predicted octanol–water partition coefficient (Wildman–Crippen LogP) is 0.706. The zero-order valence-corrected chi connectivity index (χ0v) is 8.29. The van der Waals surface area contributed by atoms with Crippen molar-refractivity contribution in [3.8, 4) is 0 Å². The van der Waals surface area contributed by atoms with Crippen molar-refractivity contribution in [1.82, 2.24) is 15.0 Å². The Morgan fingerprint density at radius 2 is 1.75 bits per heavy atom. The van der Waals surface area contributed by atoms with Crippen LogP contribution in [-0.4, -0.2) is 20.9 Å². The first kappa shape index (κ1) is 10.0. The summed E-state index contributed by atoms with van der Waals surface area (Å²) in [5.74, 6) is -0.0666. The minimum absolute atomic E-state index is 0.219. The number of nitrogen functional groups attached to an aromatic ring is 1. The Kier molecular flexibility index (Phi) is 2.73. The first-order valence-electron chi connectivity index (χ1n) is 4.54. The minimum atomic E-state index is -0.286. The van der Waals surface area contributed by atoms with Gasteiger partial charge in [-0.05, 0) is 24.3 Å². The van der Waals surface area contributed by atoms with Crippen molar-refractivity contribution in [2.75, 3.05) is 11.1 Å². The monoisotopic (exact) mass is 215 g/mol. The molecule has 2 rings (SSSR count). The van der Waals surface area contributed by atoms with E-state index >= 15 is 0 Å². The van der Waals surface area contributed by atoms with Gasteiger partial charge < -0.3 is 5.73 Å². The molecule has 0 spiro atoms. The second-order valence-electron chi connectivity index (χ2n) is 3.04. The van der Waals surface area contributed by atoms with Gasteiger partial charge in [0.25, 0.3) is 5.91 Å². The Balaban J connectivity index is 2.12. The zero-order valence-electron chi connectivity index (χ0n) is 8.29. The quantitative estimate of drug-likeness (QED) is 0.719. The van der Waals surface area contributed by atoms with Crippen LogP contribution < -0.4 is 11.1 Å². The van der Waals surface area contributed by atoms with Crippen LogP contribution >= 0.6 is 0 Å². The molecule has 0 unspecified atom stereocenters. The van der Waals surface area contributed by atoms with Crippen molar-refractivity contribution >= 4 is 17.5 Å². The number of anilines is 2. The van der Waals surface area contributed by atoms with Crippen molar-refractivity contribution in [1.29, 1.82) is 0 Å². The highest BCUT2D eigenvalue weighted by molar-refractivity contribution is 6.03. The first-order chi connectivity index (χ1) is 7.75. The molecular formula is C10H9N5O. The number of carbonyl (C=O) groups is 1. The molecule has 0 aliphatic carbocycles. The molecule has 1 amide bonds. The summed E-state index contributed by atoms with van der Waals surface area (Å²) >= 11 is 0. The second kappa shape index (κ2) is 4.35. The number of nitrogens with zero attached hydrogens (tertiary/aromatic N) is 3. The summed E-state index contributed by atoms with van der Waals surface area (Å²) in [7, 11) is 0. The fourth-order valence-electron chi connectivity index (χ4n) is 1.11. The van der Waals surface area contributed by atoms with E-state index in [2.05, 4.69) is 20.3 Å². The first-order valence-corrected chi connectivity index (χ1v) is 4.54. The van der Waals surface area contributed by atoms with Gasteiger partial charge in [-0.2, -0.15) is 0 Å². The molecule has 1 aromatic carbocycles. The molecule has 6 nitrogen and oxygen atoms in total. The van der Waals surface area contributed by atoms with Crippen molar-refractivity contribution in [3.05, 3.63) is 42.5 Å². The fourth-order valence-corrected chi connectivity index (χ4v) is 1.11. The van der Waals surface area contributed by atoms with Crippen molar-refractivity contribution in [2.24, 2.45) is 0 Å². The molecule has 1 heterocycles. The van der Waals surface area contributed by atoms with E-state index in [1.165, 1.54) is 12.7 Å². The molecule has 80 valence electrons. The van der Waals surface area contributed by atoms with Gasteiger partial charge in [-0.15, -0.1) is 0 Å². The molecule has 0 saturated carbocycles. The molecular weight excluding hydrogens is 206 g/mol. The number of hydrogen-bond acceptors (Lipinski definition) is 5. The van der Waals surface area contributed by atoms with Gasteiger partial charge in [0.05, 0.1) is 0 Å². The number of nitrogens with two attached hydrogens (primary N) is 1. The summed E-state index contributed by atoms with van der Waals surface area (Å²) in [6.07, 6.45) is 2.62. The van der Waals surface area contributed by atoms with Gasteiger partial charge >= 0.3 is 0 Å². The third-order valence-electron chi connectivity index (χ3n) is 1.89. The van der Waals surface area contributed by atoms with Crippen LogP contribution in [0.15, 0.2) is 36.9 Å². The lowest BCUT2D eigenvalue weighted by atomic mass is 10.2. The van der Waals surface area contributed by atoms with E-state index < -0.39 is 0 Å². The standard InChI is InChI=1S/C10H9N5O/c11-8-3-1-7(2-4-8)9(16)15-10-13-5-12-6-14-10/h1-6H,11H2,(H,12,13,14,15,16). The van der Waals surface area contributed by atoms with Gasteiger partial charge in [-0.3, -0.25) is 10.1 Å². The average molecular weight is 215 g/mol. The van der Waals surface area contributed by atoms with Gasteiger partial charge in [0.1, 0.15) is 12.7 Å². The van der Waals surface area contributed by atoms with E-state index in [0.29, 0.717) is 11.3 Å². The predicted molar refractivity (Wildman–Crippen MR) is 58.6 cm³/mol. The van der Waals surface area contributed by atoms with E-state index in [9.17, 15) is 4.79 Å². The Labute approximate surface area is 91.6 Å². The normalized spacial score (nSPS) is 9.75. The molecule has 0 atom stereocenters. The Morgan fingerprint density at radius 1 is 1.12 bits per heavy atom. The van der Waals surface area contributed by atoms with E-state index in [1.807, 2.05) is 0 Å². The molecule has 0 aliphatic heterocycles. The molecule has 3 N–H and O–H groups in total. The fraction of sp³-hybridized carbons (Fsp3) is 0. The number of rotatable bonds is 2. The van der Waals surface area contributed by atoms with Crippen LogP contribution in [0.4, 0.5) is 11.6 Å². The third kappa shape index (κ3) is 2.30. The summed E-state index contributed by atoms with van der Waals surface area (Å²) in [6.45, 7) is 0. The number of carbonyl (C=O) groups excluding carboxylic acids is 1. The van der Waals surface area contributed by atoms with Crippen LogP contribution in [0, 0.1) is 0 Å². The highest BCUT2D eigenvalue weighted by atomic mass is 16.1. The van der Waals surface area contributed by atoms with E-state index in [-0.39, 0.29) is 11.9 Å². The molecule has 2 aromatic rings. The van der Waals surface area contributed by atoms with E-state index in [0.717, 1.165) is 0 Å². The lowest BCUT2D eigenvalue weighted by Crippen LogP contribution is -2.14. The molecule has 1 aromatic heterocycles. The molecule has 0 bridgehead atoms. The van der Waals surface area contributed by atoms with E-state index in [4.69, 9.17) is 5.73 Å². The number of nitrogens with one attached hydrogen (secondary N) is 1. The molecule has 0 radical (unpaired) electrons. The summed E-state index contributed by atoms with van der Waals surface area (Å²) in [5.41, 5.74) is 6.62. The van der Waals surface area contributed by atoms with Gasteiger partial charge in [-0.1, -0.05) is 0 Å². The lowest BCUT2D eigenvalue weighted by molar-refractivity contribution is 0.102. The van der Waals surface area contributed by atoms with Crippen LogP contribution in [0.25, 0.3) is 0 Å². The highest BCUT2D eigenvalue weighted by Gasteiger charge is 2.06. The Bertz CT molecular complexity index is 482. The van der Waals surface area contributed by atoms with Crippen molar-refractivity contribution in [2.45, 2.75) is 0 Å². The topological polar surface area (TPSA) is 93.8 Å². The van der Waals surface area contributed by atoms with Crippen LogP contribution in [-0.2, 0) is 0 Å². The van der Waals surface area contributed by atoms with Crippen LogP contribution in [0.3, 0.4) is 0 Å². The van der Waals surface area contributed by atoms with Crippen LogP contribution in [0.5, 0.6) is 0 Å². The van der Waals surface area contributed by atoms with Gasteiger partial charge in [0.15, 0.2) is 0 Å². The molecule has 16 heavy (non-hydrogen) atoms. The molecule has 6 heteroatoms. The second-order valence-corrected chi connectivity index (χ2v) is 3.04. The summed E-state index contributed by atoms with van der Waals surface area (Å²) < 4.78 is 0. The largest absolute Gasteiger partial charge is 0.399 e. The molecule has 0 saturated heterocycles. The summed E-state index contributed by atoms with van der Waals surface area (Å²) in [6, 6.07) is 6.57. The average Bonchev–Trinajstić information content (AvgIpc) is 2.31. The number of benzene rings is 1. The SMILES string of the molecule is Nc1ccc(C(=O)Nc2ncncn2)cc1. The van der Waals surface area contributed by atoms with Crippen molar-refractivity contribution in [3.63, 3.8) is 0 Å². The molecule has 0 fully saturated rings. The van der Waals surface area contributed by atoms with Gasteiger partial charge in [0, 0.05) is 11.3 Å². The van der Waals surface area contributed by atoms with Crippen molar-refractivity contribution < 1.29 is 4.79 Å². The van der Waals surface area contributed by atoms with Crippen LogP contribution in [0.2, 0.25) is 0 Å². The maximum atomic E-state index is 11.7. The maximum absolute atomic E-state index is 11.7. The van der Waals surface area contributed by atoms with Crippen LogP contribution in [0.1, 0.15) is 10.4 Å². The van der Waals surface area contributed by atoms with E-state index in [1.54, 1.807) is 24.3 Å². The number of amides is 1. The number of hydrogen-bond donors (Lipinski definition) is 2. The minimum Gasteiger partial charge on any atom is -0.399 e. The van der Waals surface area contributed by atoms with Gasteiger partial charge in [-0.25, -0.2) is 15.0 Å². The van der Waals surface area contributed by atoms with Gasteiger partial charge in [0.2, 0.25) is 5.95 Å². The summed E-state index contributed by atoms with van der Waals surface area (Å²) in [4.78, 5) is 22.9. The smallest absolute Gasteiger partial charge is 0.258 e. The lowest BCUT2D eigenvalue weighted by Gasteiger charge is -2.02. The molecule has 0 aliphatic rings. The number of aromatic nitrogens is 3. The zero-order chi connectivity index (χ0) is 11.4.